The van der Waals surface area contributed by atoms with Crippen molar-refractivity contribution in [1.82, 2.24) is 0 Å². The number of carboxylic acids is 1. The second-order valence-corrected chi connectivity index (χ2v) is 4.74. The molecule has 0 aromatic heterocycles. The molecule has 0 bridgehead atoms. The fourth-order valence-corrected chi connectivity index (χ4v) is 2.03. The summed E-state index contributed by atoms with van der Waals surface area (Å²) >= 11 is 0. The Balaban J connectivity index is 2.55. The Bertz CT molecular complexity index is 601. The van der Waals surface area contributed by atoms with Crippen LogP contribution in [0.25, 0.3) is 11.1 Å². The number of hydrogen-bond donors (Lipinski definition) is 1. The molecule has 0 heterocycles. The zero-order valence-corrected chi connectivity index (χ0v) is 10.9. The Morgan fingerprint density at radius 3 is 2.26 bits per heavy atom. The van der Waals surface area contributed by atoms with Gasteiger partial charge >= 0.3 is 5.97 Å². The highest BCUT2D eigenvalue weighted by Crippen LogP contribution is 2.28. The second kappa shape index (κ2) is 5.22. The Kier molecular flexibility index (Phi) is 3.65. The molecular weight excluding hydrogens is 243 g/mol. The average Bonchev–Trinajstić information content (AvgIpc) is 2.38. The number of halogens is 1. The van der Waals surface area contributed by atoms with Crippen molar-refractivity contribution in [2.45, 2.75) is 19.8 Å². The third-order valence-electron chi connectivity index (χ3n) is 3.11. The first-order chi connectivity index (χ1) is 9.00. The Morgan fingerprint density at radius 1 is 1.11 bits per heavy atom. The van der Waals surface area contributed by atoms with Crippen molar-refractivity contribution >= 4 is 5.97 Å². The highest BCUT2D eigenvalue weighted by atomic mass is 19.1. The molecular formula is C16H15FO2. The average molecular weight is 258 g/mol. The minimum Gasteiger partial charge on any atom is -0.478 e. The zero-order valence-electron chi connectivity index (χ0n) is 10.9. The summed E-state index contributed by atoms with van der Waals surface area (Å²) in [6.07, 6.45) is 0. The number of aromatic carboxylic acids is 1. The van der Waals surface area contributed by atoms with Crippen molar-refractivity contribution in [3.05, 3.63) is 59.4 Å². The first-order valence-electron chi connectivity index (χ1n) is 6.13. The van der Waals surface area contributed by atoms with E-state index in [1.165, 1.54) is 18.2 Å². The third kappa shape index (κ3) is 2.65. The van der Waals surface area contributed by atoms with Crippen LogP contribution in [0, 0.1) is 5.82 Å². The lowest BCUT2D eigenvalue weighted by Gasteiger charge is -2.10. The SMILES string of the molecule is CC(C)c1ccc(-c2c(F)cccc2C(=O)O)cc1. The number of hydrogen-bond acceptors (Lipinski definition) is 1. The quantitative estimate of drug-likeness (QED) is 0.890. The van der Waals surface area contributed by atoms with Gasteiger partial charge in [-0.3, -0.25) is 0 Å². The first-order valence-corrected chi connectivity index (χ1v) is 6.13. The molecule has 0 radical (unpaired) electrons. The molecule has 19 heavy (non-hydrogen) atoms. The molecule has 0 saturated carbocycles. The van der Waals surface area contributed by atoms with E-state index in [0.717, 1.165) is 5.56 Å². The topological polar surface area (TPSA) is 37.3 Å². The second-order valence-electron chi connectivity index (χ2n) is 4.74. The van der Waals surface area contributed by atoms with Crippen LogP contribution in [0.3, 0.4) is 0 Å². The van der Waals surface area contributed by atoms with E-state index in [-0.39, 0.29) is 11.1 Å². The monoisotopic (exact) mass is 258 g/mol. The molecule has 0 spiro atoms. The number of carboxylic acid groups (broad SMARTS) is 1. The molecule has 3 heteroatoms. The van der Waals surface area contributed by atoms with Crippen molar-refractivity contribution < 1.29 is 14.3 Å². The standard InChI is InChI=1S/C16H15FO2/c1-10(2)11-6-8-12(9-7-11)15-13(16(18)19)4-3-5-14(15)17/h3-10H,1-2H3,(H,18,19). The number of benzene rings is 2. The number of rotatable bonds is 3. The molecule has 0 amide bonds. The zero-order chi connectivity index (χ0) is 14.0. The summed E-state index contributed by atoms with van der Waals surface area (Å²) in [5, 5.41) is 9.13. The summed E-state index contributed by atoms with van der Waals surface area (Å²) in [7, 11) is 0. The van der Waals surface area contributed by atoms with Crippen molar-refractivity contribution in [3.8, 4) is 11.1 Å². The summed E-state index contributed by atoms with van der Waals surface area (Å²) in [5.41, 5.74) is 1.85. The summed E-state index contributed by atoms with van der Waals surface area (Å²) in [5.74, 6) is -1.26. The molecule has 0 saturated heterocycles. The van der Waals surface area contributed by atoms with Gasteiger partial charge < -0.3 is 5.11 Å². The van der Waals surface area contributed by atoms with Gasteiger partial charge in [-0.25, -0.2) is 9.18 Å². The Labute approximate surface area is 111 Å². The first kappa shape index (κ1) is 13.3. The molecule has 0 aliphatic rings. The van der Waals surface area contributed by atoms with Gasteiger partial charge in [-0.1, -0.05) is 44.2 Å². The molecule has 0 unspecified atom stereocenters. The molecule has 2 aromatic carbocycles. The molecule has 2 aromatic rings. The summed E-state index contributed by atoms with van der Waals surface area (Å²) in [6.45, 7) is 4.14. The Hall–Kier alpha value is -2.16. The smallest absolute Gasteiger partial charge is 0.336 e. The maximum absolute atomic E-state index is 13.9. The van der Waals surface area contributed by atoms with Gasteiger partial charge in [0, 0.05) is 5.56 Å². The van der Waals surface area contributed by atoms with Gasteiger partial charge in [-0.05, 0) is 29.2 Å². The minimum absolute atomic E-state index is 0.0164. The van der Waals surface area contributed by atoms with Crippen LogP contribution in [-0.4, -0.2) is 11.1 Å². The van der Waals surface area contributed by atoms with E-state index in [1.54, 1.807) is 12.1 Å². The summed E-state index contributed by atoms with van der Waals surface area (Å²) in [6, 6.07) is 11.4. The van der Waals surface area contributed by atoms with Gasteiger partial charge in [-0.15, -0.1) is 0 Å². The van der Waals surface area contributed by atoms with Crippen LogP contribution in [0.5, 0.6) is 0 Å². The minimum atomic E-state index is -1.12. The summed E-state index contributed by atoms with van der Waals surface area (Å²) in [4.78, 5) is 11.2. The predicted octanol–water partition coefficient (Wildman–Crippen LogP) is 4.31. The van der Waals surface area contributed by atoms with E-state index < -0.39 is 11.8 Å². The van der Waals surface area contributed by atoms with Crippen molar-refractivity contribution in [3.63, 3.8) is 0 Å². The van der Waals surface area contributed by atoms with Crippen LogP contribution in [-0.2, 0) is 0 Å². The fraction of sp³-hybridized carbons (Fsp3) is 0.188. The van der Waals surface area contributed by atoms with Gasteiger partial charge in [-0.2, -0.15) is 0 Å². The Morgan fingerprint density at radius 2 is 1.74 bits per heavy atom. The lowest BCUT2D eigenvalue weighted by molar-refractivity contribution is 0.0697. The molecule has 2 rings (SSSR count). The van der Waals surface area contributed by atoms with E-state index in [9.17, 15) is 9.18 Å². The van der Waals surface area contributed by atoms with Gasteiger partial charge in [0.15, 0.2) is 0 Å². The van der Waals surface area contributed by atoms with Crippen LogP contribution in [0.1, 0.15) is 35.7 Å². The third-order valence-corrected chi connectivity index (χ3v) is 3.11. The van der Waals surface area contributed by atoms with Crippen LogP contribution in [0.15, 0.2) is 42.5 Å². The van der Waals surface area contributed by atoms with E-state index in [1.807, 2.05) is 12.1 Å². The summed E-state index contributed by atoms with van der Waals surface area (Å²) < 4.78 is 13.9. The van der Waals surface area contributed by atoms with Gasteiger partial charge in [0.1, 0.15) is 5.82 Å². The van der Waals surface area contributed by atoms with Crippen molar-refractivity contribution in [2.24, 2.45) is 0 Å². The lowest BCUT2D eigenvalue weighted by Crippen LogP contribution is -2.01. The van der Waals surface area contributed by atoms with Crippen LogP contribution >= 0.6 is 0 Å². The van der Waals surface area contributed by atoms with E-state index in [2.05, 4.69) is 13.8 Å². The maximum Gasteiger partial charge on any atom is 0.336 e. The van der Waals surface area contributed by atoms with Crippen molar-refractivity contribution in [2.75, 3.05) is 0 Å². The molecule has 98 valence electrons. The molecule has 0 aliphatic carbocycles. The van der Waals surface area contributed by atoms with Crippen LogP contribution < -0.4 is 0 Å². The largest absolute Gasteiger partial charge is 0.478 e. The lowest BCUT2D eigenvalue weighted by atomic mass is 9.95. The highest BCUT2D eigenvalue weighted by molar-refractivity contribution is 5.96. The predicted molar refractivity (Wildman–Crippen MR) is 72.9 cm³/mol. The highest BCUT2D eigenvalue weighted by Gasteiger charge is 2.15. The van der Waals surface area contributed by atoms with Gasteiger partial charge in [0.25, 0.3) is 0 Å². The molecule has 1 N–H and O–H groups in total. The van der Waals surface area contributed by atoms with E-state index >= 15 is 0 Å². The normalized spacial score (nSPS) is 10.7. The fourth-order valence-electron chi connectivity index (χ4n) is 2.03. The van der Waals surface area contributed by atoms with Crippen LogP contribution in [0.2, 0.25) is 0 Å². The van der Waals surface area contributed by atoms with Gasteiger partial charge in [0.2, 0.25) is 0 Å². The molecule has 0 fully saturated rings. The molecule has 0 aliphatic heterocycles. The van der Waals surface area contributed by atoms with Crippen molar-refractivity contribution in [1.29, 1.82) is 0 Å². The maximum atomic E-state index is 13.9. The van der Waals surface area contributed by atoms with Gasteiger partial charge in [0.05, 0.1) is 5.56 Å². The van der Waals surface area contributed by atoms with E-state index in [0.29, 0.717) is 11.5 Å². The molecule has 2 nitrogen and oxygen atoms in total. The van der Waals surface area contributed by atoms with Crippen LogP contribution in [0.4, 0.5) is 4.39 Å². The van der Waals surface area contributed by atoms with E-state index in [4.69, 9.17) is 5.11 Å². The molecule has 0 atom stereocenters. The number of carbonyl (C=O) groups is 1.